The first-order chi connectivity index (χ1) is 12.1. The van der Waals surface area contributed by atoms with Gasteiger partial charge in [-0.3, -0.25) is 9.67 Å². The number of hydrogen-bond donors (Lipinski definition) is 4. The zero-order chi connectivity index (χ0) is 17.6. The van der Waals surface area contributed by atoms with E-state index < -0.39 is 17.8 Å². The van der Waals surface area contributed by atoms with E-state index in [0.717, 1.165) is 5.56 Å². The third-order valence-corrected chi connectivity index (χ3v) is 3.65. The monoisotopic (exact) mass is 341 g/mol. The first-order valence-electron chi connectivity index (χ1n) is 7.92. The number of amides is 2. The van der Waals surface area contributed by atoms with E-state index in [0.29, 0.717) is 24.5 Å². The Balaban J connectivity index is 1.72. The molecule has 3 rings (SSSR count). The van der Waals surface area contributed by atoms with Crippen molar-refractivity contribution in [3.05, 3.63) is 64.6 Å². The smallest absolute Gasteiger partial charge is 0.328 e. The lowest BCUT2D eigenvalue weighted by Crippen LogP contribution is -2.34. The molecular formula is C16H19N7O2. The van der Waals surface area contributed by atoms with E-state index in [1.54, 1.807) is 17.1 Å². The van der Waals surface area contributed by atoms with Crippen LogP contribution in [0.3, 0.4) is 0 Å². The molecule has 0 bridgehead atoms. The van der Waals surface area contributed by atoms with Crippen LogP contribution in [-0.4, -0.2) is 31.0 Å². The van der Waals surface area contributed by atoms with Gasteiger partial charge in [0.25, 0.3) is 0 Å². The van der Waals surface area contributed by atoms with E-state index in [1.807, 2.05) is 37.3 Å². The molecule has 0 aliphatic heterocycles. The lowest BCUT2D eigenvalue weighted by Gasteiger charge is -2.16. The number of anilines is 1. The highest BCUT2D eigenvalue weighted by atomic mass is 16.2. The van der Waals surface area contributed by atoms with E-state index in [2.05, 4.69) is 30.9 Å². The fourth-order valence-corrected chi connectivity index (χ4v) is 2.44. The average Bonchev–Trinajstić information content (AvgIpc) is 3.24. The highest BCUT2D eigenvalue weighted by Gasteiger charge is 2.19. The third kappa shape index (κ3) is 4.34. The Morgan fingerprint density at radius 2 is 2.12 bits per heavy atom. The van der Waals surface area contributed by atoms with E-state index >= 15 is 0 Å². The van der Waals surface area contributed by atoms with Crippen molar-refractivity contribution < 1.29 is 4.79 Å². The normalized spacial score (nSPS) is 11.9. The van der Waals surface area contributed by atoms with Gasteiger partial charge in [0.2, 0.25) is 0 Å². The number of carbonyl (C=O) groups is 1. The second kappa shape index (κ2) is 7.47. The van der Waals surface area contributed by atoms with Crippen LogP contribution >= 0.6 is 0 Å². The molecule has 1 aromatic carbocycles. The topological polar surface area (TPSA) is 120 Å². The Hall–Kier alpha value is -3.36. The fourth-order valence-electron chi connectivity index (χ4n) is 2.44. The Kier molecular flexibility index (Phi) is 4.93. The minimum Gasteiger partial charge on any atom is -0.328 e. The van der Waals surface area contributed by atoms with Gasteiger partial charge in [0, 0.05) is 19.2 Å². The summed E-state index contributed by atoms with van der Waals surface area (Å²) in [5, 5.41) is 15.9. The van der Waals surface area contributed by atoms with Crippen LogP contribution in [0.1, 0.15) is 24.4 Å². The zero-order valence-corrected chi connectivity index (χ0v) is 13.7. The molecule has 2 amide bonds. The van der Waals surface area contributed by atoms with Crippen LogP contribution in [0.4, 0.5) is 10.5 Å². The second-order valence-corrected chi connectivity index (χ2v) is 5.49. The van der Waals surface area contributed by atoms with Crippen LogP contribution in [0.5, 0.6) is 0 Å². The minimum absolute atomic E-state index is 0.369. The van der Waals surface area contributed by atoms with E-state index in [-0.39, 0.29) is 0 Å². The standard InChI is InChI=1S/C16H19N7O2/c1-2-23-10-12(9-17-23)18-15(24)19-13(14-20-16(25)22-21-14)8-11-6-4-3-5-7-11/h3-7,9-10,13H,2,8H2,1H3,(H2,18,19,24)(H2,20,21,22,25)/t13-/m0/s1. The van der Waals surface area contributed by atoms with Gasteiger partial charge in [-0.2, -0.15) is 10.2 Å². The third-order valence-electron chi connectivity index (χ3n) is 3.65. The largest absolute Gasteiger partial charge is 0.340 e. The SMILES string of the molecule is CCn1cc(NC(=O)N[C@@H](Cc2ccccc2)c2n[nH]c(=O)[nH]2)cn1. The number of aryl methyl sites for hydroxylation is 1. The summed E-state index contributed by atoms with van der Waals surface area (Å²) in [7, 11) is 0. The molecule has 0 aliphatic carbocycles. The van der Waals surface area contributed by atoms with Crippen molar-refractivity contribution in [1.82, 2.24) is 30.3 Å². The van der Waals surface area contributed by atoms with Crippen molar-refractivity contribution in [2.24, 2.45) is 0 Å². The van der Waals surface area contributed by atoms with Gasteiger partial charge < -0.3 is 10.6 Å². The summed E-state index contributed by atoms with van der Waals surface area (Å²) in [5.41, 5.74) is 1.18. The molecule has 0 fully saturated rings. The molecule has 0 radical (unpaired) electrons. The highest BCUT2D eigenvalue weighted by Crippen LogP contribution is 2.14. The van der Waals surface area contributed by atoms with Gasteiger partial charge >= 0.3 is 11.7 Å². The number of H-pyrrole nitrogens is 2. The van der Waals surface area contributed by atoms with Crippen molar-refractivity contribution in [3.63, 3.8) is 0 Å². The van der Waals surface area contributed by atoms with Gasteiger partial charge in [-0.1, -0.05) is 30.3 Å². The van der Waals surface area contributed by atoms with Gasteiger partial charge in [-0.05, 0) is 12.5 Å². The molecule has 2 heterocycles. The van der Waals surface area contributed by atoms with Crippen LogP contribution in [-0.2, 0) is 13.0 Å². The summed E-state index contributed by atoms with van der Waals surface area (Å²) >= 11 is 0. The van der Waals surface area contributed by atoms with Gasteiger partial charge in [-0.15, -0.1) is 0 Å². The number of carbonyl (C=O) groups excluding carboxylic acids is 1. The maximum absolute atomic E-state index is 12.3. The van der Waals surface area contributed by atoms with Gasteiger partial charge in [0.15, 0.2) is 5.82 Å². The molecular weight excluding hydrogens is 322 g/mol. The van der Waals surface area contributed by atoms with Crippen molar-refractivity contribution >= 4 is 11.7 Å². The van der Waals surface area contributed by atoms with Crippen LogP contribution in [0, 0.1) is 0 Å². The minimum atomic E-state index is -0.484. The van der Waals surface area contributed by atoms with Crippen LogP contribution in [0.25, 0.3) is 0 Å². The van der Waals surface area contributed by atoms with Crippen LogP contribution < -0.4 is 16.3 Å². The predicted molar refractivity (Wildman–Crippen MR) is 92.2 cm³/mol. The highest BCUT2D eigenvalue weighted by molar-refractivity contribution is 5.89. The zero-order valence-electron chi connectivity index (χ0n) is 13.7. The molecule has 9 nitrogen and oxygen atoms in total. The van der Waals surface area contributed by atoms with Crippen molar-refractivity contribution in [2.75, 3.05) is 5.32 Å². The Morgan fingerprint density at radius 3 is 2.76 bits per heavy atom. The number of aromatic amines is 2. The maximum Gasteiger partial charge on any atom is 0.340 e. The first kappa shape index (κ1) is 16.5. The molecule has 0 saturated heterocycles. The summed E-state index contributed by atoms with van der Waals surface area (Å²) in [6.07, 6.45) is 3.80. The number of hydrogen-bond acceptors (Lipinski definition) is 4. The lowest BCUT2D eigenvalue weighted by molar-refractivity contribution is 0.248. The van der Waals surface area contributed by atoms with Crippen molar-refractivity contribution in [3.8, 4) is 0 Å². The Labute approximate surface area is 143 Å². The fraction of sp³-hybridized carbons (Fsp3) is 0.250. The molecule has 0 aliphatic rings. The summed E-state index contributed by atoms with van der Waals surface area (Å²) in [4.78, 5) is 26.2. The molecule has 25 heavy (non-hydrogen) atoms. The van der Waals surface area contributed by atoms with Crippen LogP contribution in [0.2, 0.25) is 0 Å². The second-order valence-electron chi connectivity index (χ2n) is 5.49. The number of aromatic nitrogens is 5. The molecule has 9 heteroatoms. The first-order valence-corrected chi connectivity index (χ1v) is 7.92. The summed E-state index contributed by atoms with van der Waals surface area (Å²) in [6, 6.07) is 8.76. The molecule has 0 saturated carbocycles. The summed E-state index contributed by atoms with van der Waals surface area (Å²) < 4.78 is 1.71. The Morgan fingerprint density at radius 1 is 1.32 bits per heavy atom. The van der Waals surface area contributed by atoms with E-state index in [4.69, 9.17) is 0 Å². The summed E-state index contributed by atoms with van der Waals surface area (Å²) in [5.74, 6) is 0.369. The number of nitrogens with zero attached hydrogens (tertiary/aromatic N) is 3. The van der Waals surface area contributed by atoms with Crippen molar-refractivity contribution in [1.29, 1.82) is 0 Å². The molecule has 130 valence electrons. The molecule has 0 unspecified atom stereocenters. The van der Waals surface area contributed by atoms with Gasteiger partial charge in [0.05, 0.1) is 17.9 Å². The van der Waals surface area contributed by atoms with Crippen LogP contribution in [0.15, 0.2) is 47.5 Å². The molecule has 2 aromatic heterocycles. The van der Waals surface area contributed by atoms with Crippen molar-refractivity contribution in [2.45, 2.75) is 25.9 Å². The molecule has 3 aromatic rings. The molecule has 1 atom stereocenters. The molecule has 4 N–H and O–H groups in total. The molecule has 0 spiro atoms. The summed E-state index contributed by atoms with van der Waals surface area (Å²) in [6.45, 7) is 2.68. The maximum atomic E-state index is 12.3. The number of nitrogens with one attached hydrogen (secondary N) is 4. The van der Waals surface area contributed by atoms with E-state index in [9.17, 15) is 9.59 Å². The predicted octanol–water partition coefficient (Wildman–Crippen LogP) is 1.42. The number of urea groups is 1. The van der Waals surface area contributed by atoms with E-state index in [1.165, 1.54) is 0 Å². The quantitative estimate of drug-likeness (QED) is 0.542. The van der Waals surface area contributed by atoms with Gasteiger partial charge in [-0.25, -0.2) is 14.7 Å². The number of rotatable bonds is 6. The number of benzene rings is 1. The Bertz CT molecular complexity index is 881. The average molecular weight is 341 g/mol. The lowest BCUT2D eigenvalue weighted by atomic mass is 10.1. The van der Waals surface area contributed by atoms with Gasteiger partial charge in [0.1, 0.15) is 0 Å².